The molecule has 1 unspecified atom stereocenters. The van der Waals surface area contributed by atoms with E-state index in [1.807, 2.05) is 0 Å². The molecule has 0 heterocycles. The molecule has 1 aromatic carbocycles. The van der Waals surface area contributed by atoms with Crippen LogP contribution in [0.25, 0.3) is 0 Å². The highest BCUT2D eigenvalue weighted by Gasteiger charge is 2.34. The van der Waals surface area contributed by atoms with Crippen molar-refractivity contribution in [1.82, 2.24) is 4.90 Å². The van der Waals surface area contributed by atoms with Gasteiger partial charge in [-0.3, -0.25) is 9.59 Å². The molecule has 0 radical (unpaired) electrons. The molecule has 2 rings (SSSR count). The van der Waals surface area contributed by atoms with Crippen molar-refractivity contribution in [2.45, 2.75) is 13.0 Å². The fourth-order valence-corrected chi connectivity index (χ4v) is 2.16. The molecule has 1 atom stereocenters. The minimum absolute atomic E-state index is 0.00574. The highest BCUT2D eigenvalue weighted by molar-refractivity contribution is 6.29. The van der Waals surface area contributed by atoms with Gasteiger partial charge < -0.3 is 15.1 Å². The number of nitrogens with zero attached hydrogens (tertiary/aromatic N) is 1. The minimum atomic E-state index is -0.908. The molecule has 0 aliphatic heterocycles. The van der Waals surface area contributed by atoms with Gasteiger partial charge in [0.05, 0.1) is 11.1 Å². The first-order valence-corrected chi connectivity index (χ1v) is 6.37. The Morgan fingerprint density at radius 3 is 2.43 bits per heavy atom. The third-order valence-corrected chi connectivity index (χ3v) is 3.05. The van der Waals surface area contributed by atoms with E-state index in [0.717, 1.165) is 0 Å². The van der Waals surface area contributed by atoms with Gasteiger partial charge in [0, 0.05) is 19.7 Å². The lowest BCUT2D eigenvalue weighted by Crippen LogP contribution is -2.29. The van der Waals surface area contributed by atoms with E-state index in [9.17, 15) is 19.8 Å². The number of rotatable bonds is 1. The van der Waals surface area contributed by atoms with Crippen molar-refractivity contribution in [3.05, 3.63) is 40.6 Å². The van der Waals surface area contributed by atoms with Crippen LogP contribution in [0, 0.1) is 11.8 Å². The fraction of sp³-hybridized carbons (Fsp3) is 0.250. The van der Waals surface area contributed by atoms with Gasteiger partial charge in [-0.2, -0.15) is 0 Å². The summed E-state index contributed by atoms with van der Waals surface area (Å²) >= 11 is 0. The van der Waals surface area contributed by atoms with Crippen LogP contribution in [0.1, 0.15) is 27.6 Å². The zero-order valence-corrected chi connectivity index (χ0v) is 12.0. The highest BCUT2D eigenvalue weighted by atomic mass is 16.3. The number of aliphatic hydroxyl groups is 1. The van der Waals surface area contributed by atoms with Crippen molar-refractivity contribution >= 4 is 11.6 Å². The van der Waals surface area contributed by atoms with Crippen LogP contribution in [0.2, 0.25) is 0 Å². The smallest absolute Gasteiger partial charge is 0.214 e. The van der Waals surface area contributed by atoms with Crippen LogP contribution in [0.4, 0.5) is 0 Å². The Balaban J connectivity index is 2.73. The Kier molecular flexibility index (Phi) is 3.83. The molecule has 0 saturated heterocycles. The van der Waals surface area contributed by atoms with E-state index in [1.54, 1.807) is 14.1 Å². The number of ketones is 2. The maximum atomic E-state index is 12.5. The standard InChI is InChI=1S/C16H15NO4/c1-9(18)7-8-11-14(17(2)3)16(21)13-10(15(11)20)5-4-6-12(13)19/h4-6,9,18-19H,1-3H3. The van der Waals surface area contributed by atoms with Gasteiger partial charge in [0.25, 0.3) is 0 Å². The molecule has 21 heavy (non-hydrogen) atoms. The zero-order valence-electron chi connectivity index (χ0n) is 12.0. The number of aliphatic hydroxyl groups excluding tert-OH is 1. The summed E-state index contributed by atoms with van der Waals surface area (Å²) in [4.78, 5) is 26.5. The first-order chi connectivity index (χ1) is 9.84. The van der Waals surface area contributed by atoms with Crippen molar-refractivity contribution in [1.29, 1.82) is 0 Å². The van der Waals surface area contributed by atoms with Crippen molar-refractivity contribution in [3.63, 3.8) is 0 Å². The van der Waals surface area contributed by atoms with Gasteiger partial charge in [0.2, 0.25) is 11.6 Å². The SMILES string of the molecule is CC(O)C#CC1=C(N(C)C)C(=O)c2c(O)cccc2C1=O. The van der Waals surface area contributed by atoms with E-state index >= 15 is 0 Å². The van der Waals surface area contributed by atoms with Crippen LogP contribution in [0.15, 0.2) is 29.5 Å². The van der Waals surface area contributed by atoms with Crippen molar-refractivity contribution in [3.8, 4) is 17.6 Å². The summed E-state index contributed by atoms with van der Waals surface area (Å²) in [6.45, 7) is 1.47. The van der Waals surface area contributed by atoms with Gasteiger partial charge in [-0.05, 0) is 19.1 Å². The number of aromatic hydroxyl groups is 1. The molecular formula is C16H15NO4. The maximum absolute atomic E-state index is 12.5. The number of benzene rings is 1. The lowest BCUT2D eigenvalue weighted by Gasteiger charge is -2.24. The van der Waals surface area contributed by atoms with Crippen LogP contribution in [-0.2, 0) is 0 Å². The number of hydrogen-bond donors (Lipinski definition) is 2. The molecule has 1 aliphatic carbocycles. The lowest BCUT2D eigenvalue weighted by molar-refractivity contribution is 0.0953. The summed E-state index contributed by atoms with van der Waals surface area (Å²) in [5.74, 6) is 3.94. The fourth-order valence-electron chi connectivity index (χ4n) is 2.16. The first-order valence-electron chi connectivity index (χ1n) is 6.37. The van der Waals surface area contributed by atoms with E-state index in [-0.39, 0.29) is 28.1 Å². The topological polar surface area (TPSA) is 77.8 Å². The summed E-state index contributed by atoms with van der Waals surface area (Å²) < 4.78 is 0. The molecule has 0 spiro atoms. The second-order valence-corrected chi connectivity index (χ2v) is 4.92. The number of fused-ring (bicyclic) bond motifs is 1. The van der Waals surface area contributed by atoms with E-state index in [1.165, 1.54) is 30.0 Å². The van der Waals surface area contributed by atoms with Crippen LogP contribution in [-0.4, -0.2) is 46.9 Å². The first kappa shape index (κ1) is 14.8. The van der Waals surface area contributed by atoms with Crippen LogP contribution in [0.5, 0.6) is 5.75 Å². The summed E-state index contributed by atoms with van der Waals surface area (Å²) in [5.41, 5.74) is 0.264. The Morgan fingerprint density at radius 2 is 1.86 bits per heavy atom. The van der Waals surface area contributed by atoms with Crippen molar-refractivity contribution < 1.29 is 19.8 Å². The molecule has 0 saturated carbocycles. The molecule has 1 aliphatic rings. The Labute approximate surface area is 122 Å². The molecule has 5 heteroatoms. The largest absolute Gasteiger partial charge is 0.507 e. The average Bonchev–Trinajstić information content (AvgIpc) is 2.40. The number of Topliss-reactive ketones (excluding diaryl/α,β-unsaturated/α-hetero) is 2. The van der Waals surface area contributed by atoms with Gasteiger partial charge in [0.1, 0.15) is 17.6 Å². The van der Waals surface area contributed by atoms with Crippen molar-refractivity contribution in [2.75, 3.05) is 14.1 Å². The number of phenols is 1. The Morgan fingerprint density at radius 1 is 1.19 bits per heavy atom. The monoisotopic (exact) mass is 285 g/mol. The molecule has 0 fully saturated rings. The van der Waals surface area contributed by atoms with E-state index in [0.29, 0.717) is 0 Å². The third-order valence-electron chi connectivity index (χ3n) is 3.05. The van der Waals surface area contributed by atoms with Gasteiger partial charge in [-0.1, -0.05) is 17.9 Å². The zero-order chi connectivity index (χ0) is 15.7. The number of allylic oxidation sites excluding steroid dienone is 2. The average molecular weight is 285 g/mol. The summed E-state index contributed by atoms with van der Waals surface area (Å²) in [6, 6.07) is 4.34. The Hall–Kier alpha value is -2.58. The maximum Gasteiger partial charge on any atom is 0.214 e. The molecule has 0 aromatic heterocycles. The number of likely N-dealkylation sites (N-methyl/N-ethyl adjacent to an activating group) is 1. The summed E-state index contributed by atoms with van der Waals surface area (Å²) in [7, 11) is 3.24. The number of carbonyl (C=O) groups is 2. The molecule has 1 aromatic rings. The molecule has 0 amide bonds. The van der Waals surface area contributed by atoms with Crippen molar-refractivity contribution in [2.24, 2.45) is 0 Å². The van der Waals surface area contributed by atoms with Crippen LogP contribution < -0.4 is 0 Å². The molecular weight excluding hydrogens is 270 g/mol. The van der Waals surface area contributed by atoms with Gasteiger partial charge in [-0.15, -0.1) is 0 Å². The second-order valence-electron chi connectivity index (χ2n) is 4.92. The van der Waals surface area contributed by atoms with E-state index < -0.39 is 17.7 Å². The van der Waals surface area contributed by atoms with E-state index in [2.05, 4.69) is 11.8 Å². The third kappa shape index (κ3) is 2.54. The lowest BCUT2D eigenvalue weighted by atomic mass is 9.86. The molecule has 2 N–H and O–H groups in total. The number of hydrogen-bond acceptors (Lipinski definition) is 5. The highest BCUT2D eigenvalue weighted by Crippen LogP contribution is 2.32. The normalized spacial score (nSPS) is 15.2. The van der Waals surface area contributed by atoms with E-state index in [4.69, 9.17) is 0 Å². The van der Waals surface area contributed by atoms with Gasteiger partial charge >= 0.3 is 0 Å². The Bertz CT molecular complexity index is 718. The molecule has 108 valence electrons. The second kappa shape index (κ2) is 5.43. The molecule has 5 nitrogen and oxygen atoms in total. The summed E-state index contributed by atoms with van der Waals surface area (Å²) in [5, 5.41) is 19.1. The predicted molar refractivity (Wildman–Crippen MR) is 76.9 cm³/mol. The predicted octanol–water partition coefficient (Wildman–Crippen LogP) is 0.971. The van der Waals surface area contributed by atoms with Gasteiger partial charge in [-0.25, -0.2) is 0 Å². The molecule has 0 bridgehead atoms. The minimum Gasteiger partial charge on any atom is -0.507 e. The van der Waals surface area contributed by atoms with Gasteiger partial charge in [0.15, 0.2) is 0 Å². The number of carbonyl (C=O) groups excluding carboxylic acids is 2. The van der Waals surface area contributed by atoms with Crippen LogP contribution in [0.3, 0.4) is 0 Å². The number of phenolic OH excluding ortho intramolecular Hbond substituents is 1. The quantitative estimate of drug-likeness (QED) is 0.752. The van der Waals surface area contributed by atoms with Crippen LogP contribution >= 0.6 is 0 Å². The summed E-state index contributed by atoms with van der Waals surface area (Å²) in [6.07, 6.45) is -0.908.